The zero-order valence-electron chi connectivity index (χ0n) is 4.89. The SMILES string of the molecule is O.O[O][Al][O][Al].[O]=[Al].[O]=[Al]. The van der Waals surface area contributed by atoms with E-state index in [-0.39, 0.29) is 5.48 Å². The molecule has 10 heteroatoms. The second kappa shape index (κ2) is 46.4. The first-order valence-electron chi connectivity index (χ1n) is 1.36. The fourth-order valence-corrected chi connectivity index (χ4v) is 0.224. The first-order valence-corrected chi connectivity index (χ1v) is 3.72. The van der Waals surface area contributed by atoms with Gasteiger partial charge in [0.1, 0.15) is 0 Å². The van der Waals surface area contributed by atoms with Crippen LogP contribution in [-0.2, 0) is 14.4 Å². The molecule has 0 atom stereocenters. The first-order chi connectivity index (χ1) is 4.41. The van der Waals surface area contributed by atoms with E-state index >= 15 is 0 Å². The van der Waals surface area contributed by atoms with Gasteiger partial charge in [-0.15, -0.1) is 0 Å². The van der Waals surface area contributed by atoms with Crippen LogP contribution < -0.4 is 0 Å². The number of hydrogen-bond acceptors (Lipinski definition) is 5. The Morgan fingerprint density at radius 3 is 1.50 bits per heavy atom. The van der Waals surface area contributed by atoms with Gasteiger partial charge in [0.25, 0.3) is 0 Å². The fraction of sp³-hybridized carbons (Fsp3) is 0. The molecule has 0 saturated heterocycles. The predicted molar refractivity (Wildman–Crippen MR) is 32.8 cm³/mol. The zero-order valence-corrected chi connectivity index (χ0v) is 9.51. The normalized spacial score (nSPS) is 4.30. The monoisotopic (exact) mass is 207 g/mol. The fourth-order valence-electron chi connectivity index (χ4n) is 0.0248. The summed E-state index contributed by atoms with van der Waals surface area (Å²) in [6.07, 6.45) is 0. The van der Waals surface area contributed by atoms with Gasteiger partial charge >= 0.3 is 72.6 Å². The van der Waals surface area contributed by atoms with Crippen molar-refractivity contribution < 1.29 is 25.1 Å². The van der Waals surface area contributed by atoms with Gasteiger partial charge in [0.15, 0.2) is 0 Å². The summed E-state index contributed by atoms with van der Waals surface area (Å²) in [6, 6.07) is 0. The molecule has 10 heavy (non-hydrogen) atoms. The summed E-state index contributed by atoms with van der Waals surface area (Å²) in [5, 5.41) is 7.46. The molecule has 5 radical (unpaired) electrons. The number of rotatable bonds is 2. The van der Waals surface area contributed by atoms with Gasteiger partial charge in [-0.3, -0.25) is 5.26 Å². The molecule has 0 rings (SSSR count). The molecule has 51 valence electrons. The molecule has 0 amide bonds. The van der Waals surface area contributed by atoms with Gasteiger partial charge in [-0.05, 0) is 0 Å². The summed E-state index contributed by atoms with van der Waals surface area (Å²) >= 11 is 3.62. The Hall–Kier alpha value is 1.57. The van der Waals surface area contributed by atoms with Crippen molar-refractivity contribution in [2.75, 3.05) is 0 Å². The van der Waals surface area contributed by atoms with Crippen LogP contribution in [0.5, 0.6) is 0 Å². The number of hydrogen-bond donors (Lipinski definition) is 1. The van der Waals surface area contributed by atoms with E-state index in [9.17, 15) is 0 Å². The van der Waals surface area contributed by atoms with Crippen LogP contribution in [0.15, 0.2) is 0 Å². The Morgan fingerprint density at radius 1 is 1.20 bits per heavy atom. The Bertz CT molecular complexity index is 28.9. The topological polar surface area (TPSA) is 104 Å². The van der Waals surface area contributed by atoms with E-state index < -0.39 is 15.9 Å². The van der Waals surface area contributed by atoms with Crippen molar-refractivity contribution in [3.63, 3.8) is 0 Å². The standard InChI is InChI=1S/4Al.H2O2.H2O.3O/c;;;;1-2;;;;/h;;;;1-2H;1H2;;;/q;;;+1;;;;;/p-1. The minimum absolute atomic E-state index is 0. The van der Waals surface area contributed by atoms with Crippen LogP contribution in [0.2, 0.25) is 0 Å². The van der Waals surface area contributed by atoms with Gasteiger partial charge in [-0.25, -0.2) is 0 Å². The van der Waals surface area contributed by atoms with Gasteiger partial charge in [0.2, 0.25) is 0 Å². The molecule has 3 N–H and O–H groups in total. The van der Waals surface area contributed by atoms with Crippen molar-refractivity contribution in [2.45, 2.75) is 0 Å². The third-order valence-electron chi connectivity index (χ3n) is 0.0986. The van der Waals surface area contributed by atoms with Crippen molar-refractivity contribution in [2.24, 2.45) is 0 Å². The summed E-state index contributed by atoms with van der Waals surface area (Å²) < 4.78 is 24.1. The van der Waals surface area contributed by atoms with Crippen molar-refractivity contribution in [3.8, 4) is 0 Å². The zero-order chi connectivity index (χ0) is 8.12. The summed E-state index contributed by atoms with van der Waals surface area (Å²) in [4.78, 5) is 0. The van der Waals surface area contributed by atoms with Crippen molar-refractivity contribution in [1.82, 2.24) is 0 Å². The summed E-state index contributed by atoms with van der Waals surface area (Å²) in [6.45, 7) is 0. The third-order valence-corrected chi connectivity index (χ3v) is 0.629. The van der Waals surface area contributed by atoms with Crippen molar-refractivity contribution >= 4 is 65.0 Å². The summed E-state index contributed by atoms with van der Waals surface area (Å²) in [5.74, 6) is 0. The average molecular weight is 207 g/mol. The molecule has 0 aromatic rings. The quantitative estimate of drug-likeness (QED) is 0.301. The predicted octanol–water partition coefficient (Wildman–Crippen LogP) is -2.71. The molecule has 0 spiro atoms. The van der Waals surface area contributed by atoms with Crippen molar-refractivity contribution in [3.05, 3.63) is 0 Å². The van der Waals surface area contributed by atoms with Crippen LogP contribution in [0.25, 0.3) is 0 Å². The van der Waals surface area contributed by atoms with Gasteiger partial charge in [0, 0.05) is 0 Å². The molecular formula is H3Al4O6. The molecule has 6 nitrogen and oxygen atoms in total. The molecule has 0 unspecified atom stereocenters. The molecule has 0 aliphatic carbocycles. The molecule has 0 aliphatic rings. The minimum atomic E-state index is -0.667. The van der Waals surface area contributed by atoms with Gasteiger partial charge in [-0.2, -0.15) is 0 Å². The van der Waals surface area contributed by atoms with E-state index in [1.807, 2.05) is 16.6 Å². The van der Waals surface area contributed by atoms with Gasteiger partial charge < -0.3 is 12.3 Å². The molecule has 0 heterocycles. The Morgan fingerprint density at radius 2 is 1.50 bits per heavy atom. The Balaban J connectivity index is -0.0000000315. The first kappa shape index (κ1) is 22.6. The van der Waals surface area contributed by atoms with E-state index in [0.717, 1.165) is 0 Å². The van der Waals surface area contributed by atoms with Crippen LogP contribution in [0.3, 0.4) is 0 Å². The van der Waals surface area contributed by atoms with Crippen LogP contribution in [0.1, 0.15) is 0 Å². The van der Waals surface area contributed by atoms with Crippen LogP contribution in [-0.4, -0.2) is 75.7 Å². The Kier molecular flexibility index (Phi) is 105. The van der Waals surface area contributed by atoms with E-state index in [1.54, 1.807) is 0 Å². The van der Waals surface area contributed by atoms with Gasteiger partial charge in [-0.1, -0.05) is 0 Å². The molecule has 0 aromatic heterocycles. The van der Waals surface area contributed by atoms with Crippen LogP contribution in [0.4, 0.5) is 0 Å². The molecule has 0 aliphatic heterocycles. The summed E-state index contributed by atoms with van der Waals surface area (Å²) in [5.41, 5.74) is 0. The molecule has 0 saturated carbocycles. The molecule has 0 bridgehead atoms. The molecular weight excluding hydrogens is 204 g/mol. The third kappa shape index (κ3) is 55.2. The van der Waals surface area contributed by atoms with Gasteiger partial charge in [0.05, 0.1) is 0 Å². The van der Waals surface area contributed by atoms with E-state index in [0.29, 0.717) is 0 Å². The molecule has 0 fully saturated rings. The van der Waals surface area contributed by atoms with Crippen molar-refractivity contribution in [1.29, 1.82) is 0 Å². The van der Waals surface area contributed by atoms with E-state index in [2.05, 4.69) is 6.78 Å². The van der Waals surface area contributed by atoms with E-state index in [1.165, 1.54) is 32.4 Å². The maximum absolute atomic E-state index is 8.17. The summed E-state index contributed by atoms with van der Waals surface area (Å²) in [7, 11) is 0. The van der Waals surface area contributed by atoms with Crippen LogP contribution >= 0.6 is 0 Å². The molecule has 0 aromatic carbocycles. The average Bonchev–Trinajstić information content (AvgIpc) is 1.98. The second-order valence-corrected chi connectivity index (χ2v) is 1.83. The van der Waals surface area contributed by atoms with E-state index in [4.69, 9.17) is 12.9 Å². The maximum atomic E-state index is 8.17. The van der Waals surface area contributed by atoms with Crippen LogP contribution in [0, 0.1) is 0 Å². The second-order valence-electron chi connectivity index (χ2n) is 0.338. The Labute approximate surface area is 89.5 Å².